The molecule has 0 aliphatic rings. The minimum absolute atomic E-state index is 0.0138. The van der Waals surface area contributed by atoms with Gasteiger partial charge in [-0.25, -0.2) is 4.79 Å². The first-order valence-corrected chi connectivity index (χ1v) is 5.06. The molecule has 1 N–H and O–H groups in total. The number of aromatic carboxylic acids is 1. The molecular weight excluding hydrogens is 224 g/mol. The first-order chi connectivity index (χ1) is 7.99. The predicted molar refractivity (Wildman–Crippen MR) is 61.1 cm³/mol. The van der Waals surface area contributed by atoms with E-state index in [0.29, 0.717) is 6.29 Å². The topological polar surface area (TPSA) is 72.8 Å². The molecule has 0 fully saturated rings. The highest BCUT2D eigenvalue weighted by Gasteiger charge is 2.16. The van der Waals surface area contributed by atoms with E-state index < -0.39 is 5.97 Å². The second kappa shape index (κ2) is 5.34. The summed E-state index contributed by atoms with van der Waals surface area (Å²) in [7, 11) is 1.39. The molecule has 0 aliphatic carbocycles. The molecule has 0 heterocycles. The predicted octanol–water partition coefficient (Wildman–Crippen LogP) is 1.99. The van der Waals surface area contributed by atoms with Crippen molar-refractivity contribution in [3.05, 3.63) is 23.3 Å². The molecular formula is C12H14O5. The van der Waals surface area contributed by atoms with Crippen molar-refractivity contribution in [2.75, 3.05) is 7.11 Å². The van der Waals surface area contributed by atoms with E-state index in [1.54, 1.807) is 13.8 Å². The van der Waals surface area contributed by atoms with Crippen LogP contribution in [0.3, 0.4) is 0 Å². The Kier molecular flexibility index (Phi) is 4.09. The fourth-order valence-electron chi connectivity index (χ4n) is 1.35. The SMILES string of the molecule is COc1cc(C(=O)O)cc(C=O)c1OC(C)C. The monoisotopic (exact) mass is 238 g/mol. The molecule has 0 aliphatic heterocycles. The summed E-state index contributed by atoms with van der Waals surface area (Å²) >= 11 is 0. The highest BCUT2D eigenvalue weighted by atomic mass is 16.5. The molecule has 92 valence electrons. The number of hydrogen-bond acceptors (Lipinski definition) is 4. The molecule has 0 spiro atoms. The lowest BCUT2D eigenvalue weighted by molar-refractivity contribution is 0.0696. The third kappa shape index (κ3) is 2.96. The molecule has 0 saturated carbocycles. The van der Waals surface area contributed by atoms with Gasteiger partial charge >= 0.3 is 5.97 Å². The van der Waals surface area contributed by atoms with Crippen LogP contribution in [0.1, 0.15) is 34.6 Å². The van der Waals surface area contributed by atoms with E-state index in [2.05, 4.69) is 0 Å². The van der Waals surface area contributed by atoms with Crippen molar-refractivity contribution in [1.82, 2.24) is 0 Å². The van der Waals surface area contributed by atoms with Gasteiger partial charge in [-0.05, 0) is 26.0 Å². The quantitative estimate of drug-likeness (QED) is 0.794. The normalized spacial score (nSPS) is 10.1. The number of carbonyl (C=O) groups is 2. The summed E-state index contributed by atoms with van der Waals surface area (Å²) in [5.74, 6) is -0.620. The zero-order chi connectivity index (χ0) is 13.0. The van der Waals surface area contributed by atoms with Gasteiger partial charge < -0.3 is 14.6 Å². The van der Waals surface area contributed by atoms with Crippen molar-refractivity contribution >= 4 is 12.3 Å². The van der Waals surface area contributed by atoms with Crippen LogP contribution in [0.5, 0.6) is 11.5 Å². The number of ether oxygens (including phenoxy) is 2. The minimum Gasteiger partial charge on any atom is -0.493 e. The average Bonchev–Trinajstić information content (AvgIpc) is 2.28. The average molecular weight is 238 g/mol. The second-order valence-corrected chi connectivity index (χ2v) is 3.69. The first kappa shape index (κ1) is 13.0. The van der Waals surface area contributed by atoms with E-state index >= 15 is 0 Å². The third-order valence-corrected chi connectivity index (χ3v) is 2.03. The van der Waals surface area contributed by atoms with Gasteiger partial charge in [0.15, 0.2) is 17.8 Å². The van der Waals surface area contributed by atoms with Crippen molar-refractivity contribution in [3.63, 3.8) is 0 Å². The van der Waals surface area contributed by atoms with Gasteiger partial charge in [0.2, 0.25) is 0 Å². The maximum atomic E-state index is 10.9. The van der Waals surface area contributed by atoms with Gasteiger partial charge in [0.1, 0.15) is 0 Å². The molecule has 0 saturated heterocycles. The molecule has 17 heavy (non-hydrogen) atoms. The van der Waals surface area contributed by atoms with Crippen LogP contribution in [-0.2, 0) is 0 Å². The minimum atomic E-state index is -1.12. The second-order valence-electron chi connectivity index (χ2n) is 3.69. The summed E-state index contributed by atoms with van der Waals surface area (Å²) in [4.78, 5) is 21.8. The van der Waals surface area contributed by atoms with Crippen molar-refractivity contribution in [1.29, 1.82) is 0 Å². The molecule has 0 amide bonds. The summed E-state index contributed by atoms with van der Waals surface area (Å²) in [6.45, 7) is 3.61. The van der Waals surface area contributed by atoms with Gasteiger partial charge in [0.25, 0.3) is 0 Å². The first-order valence-electron chi connectivity index (χ1n) is 5.06. The van der Waals surface area contributed by atoms with Gasteiger partial charge in [0, 0.05) is 0 Å². The van der Waals surface area contributed by atoms with E-state index in [4.69, 9.17) is 14.6 Å². The number of carbonyl (C=O) groups excluding carboxylic acids is 1. The highest BCUT2D eigenvalue weighted by molar-refractivity contribution is 5.92. The van der Waals surface area contributed by atoms with Gasteiger partial charge in [-0.3, -0.25) is 4.79 Å². The maximum absolute atomic E-state index is 10.9. The number of benzene rings is 1. The summed E-state index contributed by atoms with van der Waals surface area (Å²) in [6, 6.07) is 2.59. The van der Waals surface area contributed by atoms with E-state index in [1.807, 2.05) is 0 Å². The standard InChI is InChI=1S/C12H14O5/c1-7(2)17-11-9(6-13)4-8(12(14)15)5-10(11)16-3/h4-7H,1-3H3,(H,14,15). The fraction of sp³-hybridized carbons (Fsp3) is 0.333. The van der Waals surface area contributed by atoms with Crippen LogP contribution in [-0.4, -0.2) is 30.6 Å². The van der Waals surface area contributed by atoms with Crippen LogP contribution in [0, 0.1) is 0 Å². The molecule has 0 unspecified atom stereocenters. The number of methoxy groups -OCH3 is 1. The third-order valence-electron chi connectivity index (χ3n) is 2.03. The molecule has 1 aromatic carbocycles. The molecule has 0 atom stereocenters. The number of carboxylic acid groups (broad SMARTS) is 1. The van der Waals surface area contributed by atoms with Crippen LogP contribution in [0.15, 0.2) is 12.1 Å². The molecule has 1 rings (SSSR count). The van der Waals surface area contributed by atoms with E-state index in [-0.39, 0.29) is 28.7 Å². The molecule has 5 heteroatoms. The van der Waals surface area contributed by atoms with Crippen LogP contribution in [0.2, 0.25) is 0 Å². The van der Waals surface area contributed by atoms with Crippen LogP contribution >= 0.6 is 0 Å². The lowest BCUT2D eigenvalue weighted by Gasteiger charge is -2.15. The van der Waals surface area contributed by atoms with Crippen LogP contribution < -0.4 is 9.47 Å². The summed E-state index contributed by atoms with van der Waals surface area (Å²) in [5.41, 5.74) is 0.149. The van der Waals surface area contributed by atoms with Crippen molar-refractivity contribution in [2.45, 2.75) is 20.0 Å². The fourth-order valence-corrected chi connectivity index (χ4v) is 1.35. The Balaban J connectivity index is 3.35. The van der Waals surface area contributed by atoms with E-state index in [9.17, 15) is 9.59 Å². The largest absolute Gasteiger partial charge is 0.493 e. The molecule has 1 aromatic rings. The molecule has 5 nitrogen and oxygen atoms in total. The van der Waals surface area contributed by atoms with Gasteiger partial charge in [-0.1, -0.05) is 0 Å². The van der Waals surface area contributed by atoms with Crippen LogP contribution in [0.25, 0.3) is 0 Å². The molecule has 0 bridgehead atoms. The molecule has 0 aromatic heterocycles. The van der Waals surface area contributed by atoms with Crippen molar-refractivity contribution in [3.8, 4) is 11.5 Å². The van der Waals surface area contributed by atoms with Gasteiger partial charge in [-0.2, -0.15) is 0 Å². The zero-order valence-electron chi connectivity index (χ0n) is 9.89. The highest BCUT2D eigenvalue weighted by Crippen LogP contribution is 2.32. The Bertz CT molecular complexity index is 437. The number of carboxylic acids is 1. The number of aldehydes is 1. The van der Waals surface area contributed by atoms with Crippen molar-refractivity contribution in [2.24, 2.45) is 0 Å². The van der Waals surface area contributed by atoms with E-state index in [0.717, 1.165) is 0 Å². The van der Waals surface area contributed by atoms with Crippen molar-refractivity contribution < 1.29 is 24.2 Å². The van der Waals surface area contributed by atoms with Gasteiger partial charge in [0.05, 0.1) is 24.3 Å². The van der Waals surface area contributed by atoms with Crippen LogP contribution in [0.4, 0.5) is 0 Å². The van der Waals surface area contributed by atoms with Gasteiger partial charge in [-0.15, -0.1) is 0 Å². The molecule has 0 radical (unpaired) electrons. The summed E-state index contributed by atoms with van der Waals surface area (Å²) in [5, 5.41) is 8.89. The lowest BCUT2D eigenvalue weighted by Crippen LogP contribution is -2.10. The Morgan fingerprint density at radius 2 is 2.06 bits per heavy atom. The Labute approximate surface area is 99.0 Å². The summed E-state index contributed by atoms with van der Waals surface area (Å²) < 4.78 is 10.5. The lowest BCUT2D eigenvalue weighted by atomic mass is 10.1. The Morgan fingerprint density at radius 1 is 1.41 bits per heavy atom. The maximum Gasteiger partial charge on any atom is 0.335 e. The Hall–Kier alpha value is -2.04. The Morgan fingerprint density at radius 3 is 2.47 bits per heavy atom. The zero-order valence-corrected chi connectivity index (χ0v) is 9.89. The van der Waals surface area contributed by atoms with E-state index in [1.165, 1.54) is 19.2 Å². The number of hydrogen-bond donors (Lipinski definition) is 1. The smallest absolute Gasteiger partial charge is 0.335 e. The summed E-state index contributed by atoms with van der Waals surface area (Å²) in [6.07, 6.45) is 0.408. The number of rotatable bonds is 5.